The zero-order valence-electron chi connectivity index (χ0n) is 18.1. The lowest BCUT2D eigenvalue weighted by Crippen LogP contribution is -2.17. The summed E-state index contributed by atoms with van der Waals surface area (Å²) >= 11 is 0. The summed E-state index contributed by atoms with van der Waals surface area (Å²) in [5.41, 5.74) is 2.99. The quantitative estimate of drug-likeness (QED) is 0.331. The number of hydrogen-bond donors (Lipinski definition) is 1. The summed E-state index contributed by atoms with van der Waals surface area (Å²) in [5, 5.41) is 18.5. The maximum Gasteiger partial charge on any atom is 0.281 e. The Bertz CT molecular complexity index is 1280. The Labute approximate surface area is 189 Å². The van der Waals surface area contributed by atoms with Crippen molar-refractivity contribution >= 4 is 17.5 Å². The van der Waals surface area contributed by atoms with E-state index in [-0.39, 0.29) is 17.2 Å². The summed E-state index contributed by atoms with van der Waals surface area (Å²) in [6.07, 6.45) is 0. The molecule has 0 atom stereocenters. The normalized spacial score (nSPS) is 10.6. The largest absolute Gasteiger partial charge is 0.497 e. The van der Waals surface area contributed by atoms with E-state index in [0.717, 1.165) is 22.4 Å². The number of hydrogen-bond acceptors (Lipinski definition) is 7. The molecule has 0 bridgehead atoms. The average molecular weight is 443 g/mol. The van der Waals surface area contributed by atoms with E-state index in [1.165, 1.54) is 28.9 Å². The SMILES string of the molecule is COc1ccc(CNc2nc(-c3ccc(C)cc3)nn2C(=O)c2ccc([N+](=O)[O-])cc2)cc1. The lowest BCUT2D eigenvalue weighted by atomic mass is 10.1. The van der Waals surface area contributed by atoms with E-state index in [0.29, 0.717) is 12.4 Å². The first-order valence-corrected chi connectivity index (χ1v) is 10.1. The van der Waals surface area contributed by atoms with E-state index in [2.05, 4.69) is 15.4 Å². The van der Waals surface area contributed by atoms with E-state index < -0.39 is 10.8 Å². The molecule has 0 saturated carbocycles. The van der Waals surface area contributed by atoms with Crippen LogP contribution in [-0.2, 0) is 6.54 Å². The molecule has 4 aromatic rings. The van der Waals surface area contributed by atoms with Gasteiger partial charge in [0.15, 0.2) is 5.82 Å². The molecule has 33 heavy (non-hydrogen) atoms. The van der Waals surface area contributed by atoms with Gasteiger partial charge >= 0.3 is 0 Å². The number of carbonyl (C=O) groups excluding carboxylic acids is 1. The van der Waals surface area contributed by atoms with Crippen molar-refractivity contribution < 1.29 is 14.5 Å². The van der Waals surface area contributed by atoms with Gasteiger partial charge in [-0.25, -0.2) is 0 Å². The topological polar surface area (TPSA) is 112 Å². The van der Waals surface area contributed by atoms with Gasteiger partial charge in [-0.05, 0) is 36.8 Å². The van der Waals surface area contributed by atoms with Gasteiger partial charge < -0.3 is 10.1 Å². The highest BCUT2D eigenvalue weighted by Gasteiger charge is 2.19. The van der Waals surface area contributed by atoms with Gasteiger partial charge in [0.1, 0.15) is 5.75 Å². The molecule has 0 amide bonds. The lowest BCUT2D eigenvalue weighted by Gasteiger charge is -2.08. The third-order valence-electron chi connectivity index (χ3n) is 5.04. The van der Waals surface area contributed by atoms with Crippen LogP contribution >= 0.6 is 0 Å². The van der Waals surface area contributed by atoms with Crippen LogP contribution in [0.3, 0.4) is 0 Å². The molecule has 166 valence electrons. The molecule has 1 heterocycles. The van der Waals surface area contributed by atoms with Gasteiger partial charge in [-0.3, -0.25) is 14.9 Å². The van der Waals surface area contributed by atoms with Crippen LogP contribution in [0.15, 0.2) is 72.8 Å². The number of benzene rings is 3. The van der Waals surface area contributed by atoms with Crippen LogP contribution in [-0.4, -0.2) is 32.7 Å². The van der Waals surface area contributed by atoms with Crippen molar-refractivity contribution in [1.29, 1.82) is 0 Å². The van der Waals surface area contributed by atoms with Crippen LogP contribution in [0, 0.1) is 17.0 Å². The van der Waals surface area contributed by atoms with E-state index in [1.54, 1.807) is 7.11 Å². The van der Waals surface area contributed by atoms with Crippen LogP contribution in [0.25, 0.3) is 11.4 Å². The summed E-state index contributed by atoms with van der Waals surface area (Å²) in [5.74, 6) is 0.956. The summed E-state index contributed by atoms with van der Waals surface area (Å²) in [7, 11) is 1.60. The van der Waals surface area contributed by atoms with Crippen LogP contribution in [0.5, 0.6) is 5.75 Å². The minimum Gasteiger partial charge on any atom is -0.497 e. The summed E-state index contributed by atoms with van der Waals surface area (Å²) in [4.78, 5) is 28.1. The van der Waals surface area contributed by atoms with Crippen LogP contribution in [0.2, 0.25) is 0 Å². The van der Waals surface area contributed by atoms with Crippen molar-refractivity contribution in [1.82, 2.24) is 14.8 Å². The molecule has 1 aromatic heterocycles. The van der Waals surface area contributed by atoms with E-state index in [1.807, 2.05) is 55.5 Å². The van der Waals surface area contributed by atoms with E-state index >= 15 is 0 Å². The fourth-order valence-electron chi connectivity index (χ4n) is 3.17. The highest BCUT2D eigenvalue weighted by molar-refractivity contribution is 5.97. The van der Waals surface area contributed by atoms with Crippen molar-refractivity contribution in [3.8, 4) is 17.1 Å². The Kier molecular flexibility index (Phi) is 6.12. The molecule has 0 aliphatic rings. The molecule has 1 N–H and O–H groups in total. The number of nitrogens with one attached hydrogen (secondary N) is 1. The molecule has 0 aliphatic heterocycles. The highest BCUT2D eigenvalue weighted by Crippen LogP contribution is 2.21. The zero-order chi connectivity index (χ0) is 23.4. The second kappa shape index (κ2) is 9.31. The first-order valence-electron chi connectivity index (χ1n) is 10.1. The number of nitro benzene ring substituents is 1. The molecule has 0 unspecified atom stereocenters. The number of nitro groups is 1. The first-order chi connectivity index (χ1) is 15.9. The molecule has 0 aliphatic carbocycles. The van der Waals surface area contributed by atoms with Crippen molar-refractivity contribution in [3.05, 3.63) is 99.6 Å². The maximum atomic E-state index is 13.2. The Balaban J connectivity index is 1.66. The monoisotopic (exact) mass is 443 g/mol. The molecule has 0 fully saturated rings. The molecule has 3 aromatic carbocycles. The van der Waals surface area contributed by atoms with Gasteiger partial charge in [0.05, 0.1) is 12.0 Å². The summed E-state index contributed by atoms with van der Waals surface area (Å²) < 4.78 is 6.36. The van der Waals surface area contributed by atoms with Gasteiger partial charge in [0.2, 0.25) is 5.95 Å². The second-order valence-corrected chi connectivity index (χ2v) is 7.35. The summed E-state index contributed by atoms with van der Waals surface area (Å²) in [6.45, 7) is 2.39. The molecule has 9 heteroatoms. The molecule has 0 spiro atoms. The number of non-ortho nitro benzene ring substituents is 1. The third kappa shape index (κ3) is 4.87. The molecule has 9 nitrogen and oxygen atoms in total. The Morgan fingerprint density at radius 1 is 1.03 bits per heavy atom. The fourth-order valence-corrected chi connectivity index (χ4v) is 3.17. The molecule has 4 rings (SSSR count). The number of ether oxygens (including phenoxy) is 1. The van der Waals surface area contributed by atoms with Gasteiger partial charge in [0, 0.05) is 29.8 Å². The number of anilines is 1. The average Bonchev–Trinajstić information content (AvgIpc) is 3.27. The van der Waals surface area contributed by atoms with E-state index in [4.69, 9.17) is 4.74 Å². The Hall–Kier alpha value is -4.53. The smallest absolute Gasteiger partial charge is 0.281 e. The second-order valence-electron chi connectivity index (χ2n) is 7.35. The lowest BCUT2D eigenvalue weighted by molar-refractivity contribution is -0.384. The molecular weight excluding hydrogens is 422 g/mol. The predicted octanol–water partition coefficient (Wildman–Crippen LogP) is 4.47. The predicted molar refractivity (Wildman–Crippen MR) is 123 cm³/mol. The number of aryl methyl sites for hydroxylation is 1. The minimum absolute atomic E-state index is 0.0941. The number of carbonyl (C=O) groups is 1. The van der Waals surface area contributed by atoms with Crippen molar-refractivity contribution in [2.45, 2.75) is 13.5 Å². The number of nitrogens with zero attached hydrogens (tertiary/aromatic N) is 4. The number of methoxy groups -OCH3 is 1. The van der Waals surface area contributed by atoms with Gasteiger partial charge in [-0.1, -0.05) is 42.0 Å². The summed E-state index contributed by atoms with van der Waals surface area (Å²) in [6, 6.07) is 20.6. The third-order valence-corrected chi connectivity index (χ3v) is 5.04. The van der Waals surface area contributed by atoms with Crippen LogP contribution in [0.4, 0.5) is 11.6 Å². The number of aromatic nitrogens is 3. The van der Waals surface area contributed by atoms with Crippen LogP contribution < -0.4 is 10.1 Å². The zero-order valence-corrected chi connectivity index (χ0v) is 18.1. The molecular formula is C24H21N5O4. The molecule has 0 saturated heterocycles. The fraction of sp³-hybridized carbons (Fsp3) is 0.125. The maximum absolute atomic E-state index is 13.2. The standard InChI is InChI=1S/C24H21N5O4/c1-16-3-7-18(8-4-16)22-26-24(25-15-17-5-13-21(33-2)14-6-17)28(27-22)23(30)19-9-11-20(12-10-19)29(31)32/h3-14H,15H2,1-2H3,(H,25,26,27). The number of rotatable bonds is 7. The van der Waals surface area contributed by atoms with Gasteiger partial charge in [-0.15, -0.1) is 5.10 Å². The van der Waals surface area contributed by atoms with E-state index in [9.17, 15) is 14.9 Å². The Morgan fingerprint density at radius 3 is 2.30 bits per heavy atom. The molecule has 0 radical (unpaired) electrons. The van der Waals surface area contributed by atoms with Crippen molar-refractivity contribution in [2.75, 3.05) is 12.4 Å². The van der Waals surface area contributed by atoms with Crippen molar-refractivity contribution in [2.24, 2.45) is 0 Å². The first kappa shape index (κ1) is 21.7. The minimum atomic E-state index is -0.513. The van der Waals surface area contributed by atoms with Crippen molar-refractivity contribution in [3.63, 3.8) is 0 Å². The Morgan fingerprint density at radius 2 is 1.70 bits per heavy atom. The van der Waals surface area contributed by atoms with Gasteiger partial charge in [0.25, 0.3) is 11.6 Å². The van der Waals surface area contributed by atoms with Crippen LogP contribution in [0.1, 0.15) is 21.5 Å². The highest BCUT2D eigenvalue weighted by atomic mass is 16.6. The van der Waals surface area contributed by atoms with Gasteiger partial charge in [-0.2, -0.15) is 9.67 Å².